The third kappa shape index (κ3) is 3.77. The molecule has 1 aliphatic heterocycles. The molecular formula is C24H26N2O2. The Balaban J connectivity index is 1.66. The van der Waals surface area contributed by atoms with Crippen molar-refractivity contribution in [2.75, 3.05) is 30.8 Å². The molecule has 0 saturated carbocycles. The van der Waals surface area contributed by atoms with Gasteiger partial charge in [0.1, 0.15) is 11.5 Å². The zero-order valence-corrected chi connectivity index (χ0v) is 16.2. The highest BCUT2D eigenvalue weighted by atomic mass is 16.5. The number of benzene rings is 3. The van der Waals surface area contributed by atoms with Crippen LogP contribution in [0.5, 0.6) is 11.5 Å². The third-order valence-corrected chi connectivity index (χ3v) is 5.40. The molecule has 144 valence electrons. The van der Waals surface area contributed by atoms with Crippen molar-refractivity contribution in [1.29, 1.82) is 0 Å². The van der Waals surface area contributed by atoms with E-state index in [1.807, 2.05) is 36.4 Å². The Kier molecular flexibility index (Phi) is 5.11. The van der Waals surface area contributed by atoms with Gasteiger partial charge in [-0.05, 0) is 77.9 Å². The fourth-order valence-electron chi connectivity index (χ4n) is 3.92. The van der Waals surface area contributed by atoms with Gasteiger partial charge in [-0.15, -0.1) is 0 Å². The molecule has 1 fully saturated rings. The minimum Gasteiger partial charge on any atom is -0.508 e. The largest absolute Gasteiger partial charge is 0.508 e. The second-order valence-corrected chi connectivity index (χ2v) is 7.34. The van der Waals surface area contributed by atoms with Crippen LogP contribution in [0.3, 0.4) is 0 Å². The molecule has 0 unspecified atom stereocenters. The van der Waals surface area contributed by atoms with E-state index in [0.717, 1.165) is 47.6 Å². The number of aromatic hydroxyl groups is 1. The Morgan fingerprint density at radius 2 is 1.71 bits per heavy atom. The number of rotatable bonds is 5. The fourth-order valence-corrected chi connectivity index (χ4v) is 3.92. The van der Waals surface area contributed by atoms with Crippen LogP contribution in [0.2, 0.25) is 0 Å². The number of phenolic OH excluding ortho intramolecular Hbond substituents is 1. The van der Waals surface area contributed by atoms with Crippen LogP contribution in [-0.2, 0) is 6.42 Å². The van der Waals surface area contributed by atoms with Crippen LogP contribution in [0.1, 0.15) is 24.0 Å². The van der Waals surface area contributed by atoms with Crippen LogP contribution >= 0.6 is 0 Å². The van der Waals surface area contributed by atoms with Crippen molar-refractivity contribution < 1.29 is 9.84 Å². The van der Waals surface area contributed by atoms with Crippen molar-refractivity contribution in [3.8, 4) is 22.6 Å². The van der Waals surface area contributed by atoms with Crippen molar-refractivity contribution in [2.24, 2.45) is 0 Å². The first-order chi connectivity index (χ1) is 13.6. The Labute approximate surface area is 166 Å². The van der Waals surface area contributed by atoms with Gasteiger partial charge in [0.2, 0.25) is 0 Å². The van der Waals surface area contributed by atoms with E-state index in [0.29, 0.717) is 0 Å². The topological polar surface area (TPSA) is 58.7 Å². The van der Waals surface area contributed by atoms with E-state index in [1.165, 1.54) is 24.1 Å². The van der Waals surface area contributed by atoms with Gasteiger partial charge >= 0.3 is 0 Å². The molecule has 0 amide bonds. The molecule has 0 spiro atoms. The van der Waals surface area contributed by atoms with E-state index in [4.69, 9.17) is 10.5 Å². The Bertz CT molecular complexity index is 961. The lowest BCUT2D eigenvalue weighted by atomic mass is 9.94. The highest BCUT2D eigenvalue weighted by Crippen LogP contribution is 2.34. The second-order valence-electron chi connectivity index (χ2n) is 7.34. The predicted molar refractivity (Wildman–Crippen MR) is 115 cm³/mol. The maximum atomic E-state index is 10.0. The van der Waals surface area contributed by atoms with E-state index in [1.54, 1.807) is 13.2 Å². The van der Waals surface area contributed by atoms with E-state index in [9.17, 15) is 5.11 Å². The molecule has 3 aromatic rings. The van der Waals surface area contributed by atoms with Crippen LogP contribution in [0.25, 0.3) is 11.1 Å². The molecule has 0 aromatic heterocycles. The zero-order valence-electron chi connectivity index (χ0n) is 16.2. The summed E-state index contributed by atoms with van der Waals surface area (Å²) in [4.78, 5) is 2.39. The first kappa shape index (κ1) is 18.2. The summed E-state index contributed by atoms with van der Waals surface area (Å²) in [7, 11) is 1.74. The number of ether oxygens (including phenoxy) is 1. The second kappa shape index (κ2) is 7.85. The summed E-state index contributed by atoms with van der Waals surface area (Å²) >= 11 is 0. The van der Waals surface area contributed by atoms with Gasteiger partial charge in [-0.1, -0.05) is 24.3 Å². The third-order valence-electron chi connectivity index (χ3n) is 5.40. The van der Waals surface area contributed by atoms with Crippen LogP contribution in [-0.4, -0.2) is 25.3 Å². The Morgan fingerprint density at radius 3 is 2.43 bits per heavy atom. The summed E-state index contributed by atoms with van der Waals surface area (Å²) in [6, 6.07) is 19.8. The lowest BCUT2D eigenvalue weighted by Crippen LogP contribution is -2.18. The first-order valence-electron chi connectivity index (χ1n) is 9.74. The van der Waals surface area contributed by atoms with E-state index < -0.39 is 0 Å². The molecular weight excluding hydrogens is 348 g/mol. The summed E-state index contributed by atoms with van der Waals surface area (Å²) in [5.74, 6) is 1.18. The smallest absolute Gasteiger partial charge is 0.142 e. The minimum absolute atomic E-state index is 0.262. The number of hydrogen-bond acceptors (Lipinski definition) is 4. The normalized spacial score (nSPS) is 13.7. The number of anilines is 2. The Hall–Kier alpha value is -3.14. The SMILES string of the molecule is COc1cc(Cc2ccc(O)cc2-c2ccc(N)cc2)ccc1N1CCCC1. The van der Waals surface area contributed by atoms with Crippen LogP contribution < -0.4 is 15.4 Å². The van der Waals surface area contributed by atoms with Gasteiger partial charge in [-0.2, -0.15) is 0 Å². The molecule has 3 N–H and O–H groups in total. The van der Waals surface area contributed by atoms with Crippen molar-refractivity contribution >= 4 is 11.4 Å². The highest BCUT2D eigenvalue weighted by Gasteiger charge is 2.17. The monoisotopic (exact) mass is 374 g/mol. The molecule has 1 aliphatic rings. The summed E-state index contributed by atoms with van der Waals surface area (Å²) in [6.45, 7) is 2.18. The molecule has 3 aromatic carbocycles. The van der Waals surface area contributed by atoms with Crippen LogP contribution in [0.15, 0.2) is 60.7 Å². The van der Waals surface area contributed by atoms with Crippen molar-refractivity contribution in [1.82, 2.24) is 0 Å². The number of nitrogens with zero attached hydrogens (tertiary/aromatic N) is 1. The van der Waals surface area contributed by atoms with Gasteiger partial charge in [0, 0.05) is 18.8 Å². The lowest BCUT2D eigenvalue weighted by Gasteiger charge is -2.21. The summed E-state index contributed by atoms with van der Waals surface area (Å²) < 4.78 is 5.69. The number of methoxy groups -OCH3 is 1. The van der Waals surface area contributed by atoms with Crippen molar-refractivity contribution in [2.45, 2.75) is 19.3 Å². The first-order valence-corrected chi connectivity index (χ1v) is 9.74. The molecule has 0 aliphatic carbocycles. The molecule has 4 heteroatoms. The molecule has 28 heavy (non-hydrogen) atoms. The van der Waals surface area contributed by atoms with Gasteiger partial charge in [-0.25, -0.2) is 0 Å². The number of nitrogens with two attached hydrogens (primary N) is 1. The molecule has 1 heterocycles. The molecule has 0 bridgehead atoms. The van der Waals surface area contributed by atoms with Crippen LogP contribution in [0, 0.1) is 0 Å². The fraction of sp³-hybridized carbons (Fsp3) is 0.250. The maximum absolute atomic E-state index is 10.0. The van der Waals surface area contributed by atoms with Crippen molar-refractivity contribution in [3.63, 3.8) is 0 Å². The van der Waals surface area contributed by atoms with E-state index >= 15 is 0 Å². The standard InChI is InChI=1S/C24H26N2O2/c1-28-24-15-17(4-11-23(24)26-12-2-3-13-26)14-19-7-10-21(27)16-22(19)18-5-8-20(25)9-6-18/h4-11,15-16,27H,2-3,12-14,25H2,1H3. The zero-order chi connectivity index (χ0) is 19.5. The predicted octanol–water partition coefficient (Wildman–Crippen LogP) is 4.84. The molecule has 4 rings (SSSR count). The average molecular weight is 374 g/mol. The number of nitrogen functional groups attached to an aromatic ring is 1. The number of phenols is 1. The number of hydrogen-bond donors (Lipinski definition) is 2. The van der Waals surface area contributed by atoms with Crippen molar-refractivity contribution in [3.05, 3.63) is 71.8 Å². The van der Waals surface area contributed by atoms with Gasteiger partial charge in [0.05, 0.1) is 12.8 Å². The van der Waals surface area contributed by atoms with E-state index in [-0.39, 0.29) is 5.75 Å². The lowest BCUT2D eigenvalue weighted by molar-refractivity contribution is 0.414. The van der Waals surface area contributed by atoms with Crippen LogP contribution in [0.4, 0.5) is 11.4 Å². The van der Waals surface area contributed by atoms with E-state index in [2.05, 4.69) is 23.1 Å². The van der Waals surface area contributed by atoms with Gasteiger partial charge in [0.25, 0.3) is 0 Å². The summed E-state index contributed by atoms with van der Waals surface area (Å²) in [6.07, 6.45) is 3.24. The van der Waals surface area contributed by atoms with Gasteiger partial charge in [0.15, 0.2) is 0 Å². The summed E-state index contributed by atoms with van der Waals surface area (Å²) in [5.41, 5.74) is 12.1. The average Bonchev–Trinajstić information content (AvgIpc) is 3.24. The minimum atomic E-state index is 0.262. The van der Waals surface area contributed by atoms with Gasteiger partial charge < -0.3 is 20.5 Å². The van der Waals surface area contributed by atoms with Gasteiger partial charge in [-0.3, -0.25) is 0 Å². The molecule has 1 saturated heterocycles. The quantitative estimate of drug-likeness (QED) is 0.627. The highest BCUT2D eigenvalue weighted by molar-refractivity contribution is 5.71. The summed E-state index contributed by atoms with van der Waals surface area (Å²) in [5, 5.41) is 10.0. The maximum Gasteiger partial charge on any atom is 0.142 e. The Morgan fingerprint density at radius 1 is 0.964 bits per heavy atom. The molecule has 0 radical (unpaired) electrons. The molecule has 0 atom stereocenters. The molecule has 4 nitrogen and oxygen atoms in total.